The van der Waals surface area contributed by atoms with E-state index in [9.17, 15) is 10.0 Å². The van der Waals surface area contributed by atoms with Crippen molar-refractivity contribution in [1.29, 1.82) is 0 Å². The van der Waals surface area contributed by atoms with Crippen LogP contribution in [0.2, 0.25) is 5.02 Å². The van der Waals surface area contributed by atoms with Gasteiger partial charge in [0, 0.05) is 5.02 Å². The highest BCUT2D eigenvalue weighted by atomic mass is 35.5. The molecule has 3 nitrogen and oxygen atoms in total. The summed E-state index contributed by atoms with van der Waals surface area (Å²) in [5.41, 5.74) is 3.93. The van der Waals surface area contributed by atoms with E-state index in [1.807, 2.05) is 19.1 Å². The molecule has 2 aromatic rings. The number of aromatic hydroxyl groups is 1. The number of benzene rings is 2. The van der Waals surface area contributed by atoms with Crippen LogP contribution in [-0.4, -0.2) is 5.11 Å². The van der Waals surface area contributed by atoms with Gasteiger partial charge < -0.3 is 5.11 Å². The fourth-order valence-corrected chi connectivity index (χ4v) is 3.51. The molecule has 1 N–H and O–H groups in total. The van der Waals surface area contributed by atoms with Crippen LogP contribution in [0.3, 0.4) is 0 Å². The van der Waals surface area contributed by atoms with Crippen molar-refractivity contribution in [2.75, 3.05) is 0 Å². The number of nitroso groups, excluding NO2 is 1. The van der Waals surface area contributed by atoms with Crippen LogP contribution in [0.15, 0.2) is 41.6 Å². The molecule has 0 saturated heterocycles. The Morgan fingerprint density at radius 3 is 1.88 bits per heavy atom. The van der Waals surface area contributed by atoms with Gasteiger partial charge in [-0.25, -0.2) is 0 Å². The normalized spacial score (nSPS) is 13.8. The number of phenols is 1. The van der Waals surface area contributed by atoms with Gasteiger partial charge in [-0.15, -0.1) is 0 Å². The molecule has 2 aromatic carbocycles. The number of hydrogen-bond donors (Lipinski definition) is 1. The largest absolute Gasteiger partial charge is 0.507 e. The second-order valence-electron chi connectivity index (χ2n) is 7.72. The van der Waals surface area contributed by atoms with E-state index in [0.29, 0.717) is 10.8 Å². The zero-order valence-corrected chi connectivity index (χ0v) is 16.9. The van der Waals surface area contributed by atoms with Crippen LogP contribution in [0.25, 0.3) is 0 Å². The molecule has 0 bridgehead atoms. The molecule has 2 unspecified atom stereocenters. The molecule has 0 heterocycles. The van der Waals surface area contributed by atoms with Gasteiger partial charge in [0.05, 0.1) is 0 Å². The first-order valence-electron chi connectivity index (χ1n) is 9.18. The maximum Gasteiger partial charge on any atom is 0.122 e. The van der Waals surface area contributed by atoms with Gasteiger partial charge in [0.1, 0.15) is 11.8 Å². The lowest BCUT2D eigenvalue weighted by Crippen LogP contribution is -2.11. The number of nitrogens with zero attached hydrogens (tertiary/aromatic N) is 1. The highest BCUT2D eigenvalue weighted by Gasteiger charge is 2.22. The predicted octanol–water partition coefficient (Wildman–Crippen LogP) is 6.98. The molecule has 0 fully saturated rings. The minimum absolute atomic E-state index is 0.0400. The van der Waals surface area contributed by atoms with Crippen molar-refractivity contribution in [3.05, 3.63) is 68.6 Å². The number of hydrogen-bond acceptors (Lipinski definition) is 3. The second-order valence-corrected chi connectivity index (χ2v) is 8.15. The summed E-state index contributed by atoms with van der Waals surface area (Å²) < 4.78 is 0. The number of phenolic OH excluding ortho intramolecular Hbond substituents is 1. The molecule has 0 radical (unpaired) electrons. The Bertz CT molecular complexity index is 724. The van der Waals surface area contributed by atoms with Crippen molar-refractivity contribution < 1.29 is 5.11 Å². The maximum atomic E-state index is 11.5. The standard InChI is InChI=1S/C22H28ClNO2/c1-13(2)19-11-16(12-20(14(3)4)22(19)25)10-15(5)21(24-26)17-6-8-18(23)9-7-17/h6-9,11-15,21,25H,10H2,1-5H3. The summed E-state index contributed by atoms with van der Waals surface area (Å²) >= 11 is 5.95. The molecule has 4 heteroatoms. The number of rotatable bonds is 7. The van der Waals surface area contributed by atoms with E-state index in [1.54, 1.807) is 12.1 Å². The molecular formula is C22H28ClNO2. The van der Waals surface area contributed by atoms with Crippen LogP contribution < -0.4 is 0 Å². The Hall–Kier alpha value is -1.87. The van der Waals surface area contributed by atoms with Crippen molar-refractivity contribution in [3.63, 3.8) is 0 Å². The van der Waals surface area contributed by atoms with Gasteiger partial charge in [-0.1, -0.05) is 75.7 Å². The van der Waals surface area contributed by atoms with Gasteiger partial charge in [-0.3, -0.25) is 0 Å². The summed E-state index contributed by atoms with van der Waals surface area (Å²) in [7, 11) is 0. The van der Waals surface area contributed by atoms with Gasteiger partial charge >= 0.3 is 0 Å². The Kier molecular flexibility index (Phi) is 6.82. The van der Waals surface area contributed by atoms with E-state index in [2.05, 4.69) is 45.0 Å². The molecule has 0 aliphatic carbocycles. The van der Waals surface area contributed by atoms with Gasteiger partial charge in [-0.05, 0) is 58.6 Å². The van der Waals surface area contributed by atoms with E-state index in [0.717, 1.165) is 28.7 Å². The van der Waals surface area contributed by atoms with Gasteiger partial charge in [0.2, 0.25) is 0 Å². The monoisotopic (exact) mass is 373 g/mol. The Labute approximate surface area is 161 Å². The minimum atomic E-state index is -0.425. The highest BCUT2D eigenvalue weighted by molar-refractivity contribution is 6.30. The third-order valence-electron chi connectivity index (χ3n) is 4.89. The highest BCUT2D eigenvalue weighted by Crippen LogP contribution is 2.37. The molecule has 0 aliphatic rings. The Balaban J connectivity index is 2.33. The molecule has 26 heavy (non-hydrogen) atoms. The summed E-state index contributed by atoms with van der Waals surface area (Å²) in [5, 5.41) is 14.6. The molecular weight excluding hydrogens is 346 g/mol. The minimum Gasteiger partial charge on any atom is -0.507 e. The summed E-state index contributed by atoms with van der Waals surface area (Å²) in [6.45, 7) is 10.4. The third-order valence-corrected chi connectivity index (χ3v) is 5.15. The Morgan fingerprint density at radius 1 is 0.962 bits per heavy atom. The Morgan fingerprint density at radius 2 is 1.46 bits per heavy atom. The first-order chi connectivity index (χ1) is 12.2. The van der Waals surface area contributed by atoms with Crippen LogP contribution in [-0.2, 0) is 6.42 Å². The number of halogens is 1. The molecule has 2 rings (SSSR count). The van der Waals surface area contributed by atoms with Crippen LogP contribution >= 0.6 is 11.6 Å². The quantitative estimate of drug-likeness (QED) is 0.532. The van der Waals surface area contributed by atoms with Crippen molar-refractivity contribution in [2.24, 2.45) is 11.1 Å². The van der Waals surface area contributed by atoms with Crippen molar-refractivity contribution in [1.82, 2.24) is 0 Å². The van der Waals surface area contributed by atoms with Crippen molar-refractivity contribution in [3.8, 4) is 5.75 Å². The van der Waals surface area contributed by atoms with Crippen LogP contribution in [0.4, 0.5) is 0 Å². The molecule has 0 spiro atoms. The molecule has 0 amide bonds. The summed E-state index contributed by atoms with van der Waals surface area (Å²) in [5.74, 6) is 0.908. The topological polar surface area (TPSA) is 49.7 Å². The molecule has 2 atom stereocenters. The summed E-state index contributed by atoms with van der Waals surface area (Å²) in [4.78, 5) is 11.5. The van der Waals surface area contributed by atoms with E-state index in [1.165, 1.54) is 0 Å². The van der Waals surface area contributed by atoms with Gasteiger partial charge in [0.25, 0.3) is 0 Å². The fraction of sp³-hybridized carbons (Fsp3) is 0.455. The van der Waals surface area contributed by atoms with Gasteiger partial charge in [0.15, 0.2) is 0 Å². The summed E-state index contributed by atoms with van der Waals surface area (Å²) in [6.07, 6.45) is 0.721. The van der Waals surface area contributed by atoms with Crippen molar-refractivity contribution in [2.45, 2.75) is 58.9 Å². The van der Waals surface area contributed by atoms with Crippen LogP contribution in [0, 0.1) is 10.8 Å². The van der Waals surface area contributed by atoms with E-state index >= 15 is 0 Å². The average Bonchev–Trinajstić information content (AvgIpc) is 2.58. The first kappa shape index (κ1) is 20.4. The fourth-order valence-electron chi connectivity index (χ4n) is 3.38. The van der Waals surface area contributed by atoms with Gasteiger partial charge in [-0.2, -0.15) is 4.91 Å². The lowest BCUT2D eigenvalue weighted by molar-refractivity contribution is 0.449. The second kappa shape index (κ2) is 8.68. The lowest BCUT2D eigenvalue weighted by atomic mass is 9.86. The van der Waals surface area contributed by atoms with E-state index < -0.39 is 6.04 Å². The zero-order chi connectivity index (χ0) is 19.4. The third kappa shape index (κ3) is 4.64. The first-order valence-corrected chi connectivity index (χ1v) is 9.56. The average molecular weight is 374 g/mol. The SMILES string of the molecule is CC(C)c1cc(CC(C)C(N=O)c2ccc(Cl)cc2)cc(C(C)C)c1O. The predicted molar refractivity (Wildman–Crippen MR) is 109 cm³/mol. The van der Waals surface area contributed by atoms with Crippen molar-refractivity contribution >= 4 is 11.6 Å². The van der Waals surface area contributed by atoms with E-state index in [4.69, 9.17) is 11.6 Å². The van der Waals surface area contributed by atoms with Crippen LogP contribution in [0.1, 0.15) is 74.8 Å². The van der Waals surface area contributed by atoms with E-state index in [-0.39, 0.29) is 17.8 Å². The lowest BCUT2D eigenvalue weighted by Gasteiger charge is -2.21. The molecule has 0 aromatic heterocycles. The zero-order valence-electron chi connectivity index (χ0n) is 16.2. The maximum absolute atomic E-state index is 11.5. The summed E-state index contributed by atoms with van der Waals surface area (Å²) in [6, 6.07) is 11.0. The molecule has 140 valence electrons. The smallest absolute Gasteiger partial charge is 0.122 e. The molecule has 0 aliphatic heterocycles. The molecule has 0 saturated carbocycles. The van der Waals surface area contributed by atoms with Crippen LogP contribution in [0.5, 0.6) is 5.75 Å².